The number of cyclic esters (lactones) is 1. The zero-order chi connectivity index (χ0) is 20.0. The lowest BCUT2D eigenvalue weighted by Crippen LogP contribution is -2.10. The van der Waals surface area contributed by atoms with E-state index in [0.29, 0.717) is 33.5 Å². The van der Waals surface area contributed by atoms with E-state index in [4.69, 9.17) is 23.7 Å². The van der Waals surface area contributed by atoms with Crippen LogP contribution in [0.25, 0.3) is 11.3 Å². The highest BCUT2D eigenvalue weighted by Crippen LogP contribution is 2.43. The van der Waals surface area contributed by atoms with Crippen molar-refractivity contribution >= 4 is 22.4 Å². The van der Waals surface area contributed by atoms with Gasteiger partial charge in [0, 0.05) is 16.5 Å². The van der Waals surface area contributed by atoms with E-state index in [2.05, 4.69) is 10.3 Å². The summed E-state index contributed by atoms with van der Waals surface area (Å²) >= 11 is 1.42. The lowest BCUT2D eigenvalue weighted by atomic mass is 10.1. The fraction of sp³-hybridized carbons (Fsp3) is 0.200. The minimum Gasteiger partial charge on any atom is -0.493 e. The van der Waals surface area contributed by atoms with Crippen LogP contribution < -0.4 is 24.3 Å². The maximum absolute atomic E-state index is 12.4. The van der Waals surface area contributed by atoms with Crippen LogP contribution in [0, 0.1) is 0 Å². The first-order valence-electron chi connectivity index (χ1n) is 8.76. The monoisotopic (exact) mass is 412 g/mol. The Morgan fingerprint density at radius 1 is 1.14 bits per heavy atom. The second-order valence-corrected chi connectivity index (χ2v) is 7.16. The lowest BCUT2D eigenvalue weighted by Gasteiger charge is -2.13. The molecular formula is C20H16N2O6S. The molecule has 5 rings (SSSR count). The number of hydrogen-bond donors (Lipinski definition) is 1. The number of rotatable bonds is 5. The Bertz CT molecular complexity index is 1110. The summed E-state index contributed by atoms with van der Waals surface area (Å²) in [4.78, 5) is 17.0. The van der Waals surface area contributed by atoms with Gasteiger partial charge in [-0.2, -0.15) is 0 Å². The molecule has 2 aromatic carbocycles. The molecule has 0 amide bonds. The molecule has 3 heterocycles. The minimum atomic E-state index is -0.659. The molecule has 9 heteroatoms. The second-order valence-electron chi connectivity index (χ2n) is 6.30. The molecule has 1 atom stereocenters. The summed E-state index contributed by atoms with van der Waals surface area (Å²) < 4.78 is 26.9. The number of methoxy groups -OCH3 is 2. The van der Waals surface area contributed by atoms with Crippen molar-refractivity contribution in [2.45, 2.75) is 6.23 Å². The highest BCUT2D eigenvalue weighted by molar-refractivity contribution is 7.14. The predicted octanol–water partition coefficient (Wildman–Crippen LogP) is 3.84. The molecule has 0 saturated heterocycles. The fourth-order valence-electron chi connectivity index (χ4n) is 3.35. The van der Waals surface area contributed by atoms with Crippen molar-refractivity contribution in [2.75, 3.05) is 26.3 Å². The molecule has 1 aromatic heterocycles. The molecule has 0 aliphatic carbocycles. The average molecular weight is 412 g/mol. The Balaban J connectivity index is 1.41. The van der Waals surface area contributed by atoms with Crippen molar-refractivity contribution in [3.8, 4) is 34.3 Å². The van der Waals surface area contributed by atoms with Crippen LogP contribution >= 0.6 is 11.3 Å². The summed E-state index contributed by atoms with van der Waals surface area (Å²) in [5, 5.41) is 5.72. The van der Waals surface area contributed by atoms with E-state index in [9.17, 15) is 4.79 Å². The van der Waals surface area contributed by atoms with Crippen LogP contribution in [0.3, 0.4) is 0 Å². The molecule has 0 saturated carbocycles. The van der Waals surface area contributed by atoms with Crippen LogP contribution in [-0.2, 0) is 4.74 Å². The zero-order valence-electron chi connectivity index (χ0n) is 15.6. The van der Waals surface area contributed by atoms with Crippen LogP contribution in [0.1, 0.15) is 22.1 Å². The second kappa shape index (κ2) is 6.85. The molecule has 0 unspecified atom stereocenters. The van der Waals surface area contributed by atoms with Crippen LogP contribution in [0.4, 0.5) is 5.13 Å². The maximum atomic E-state index is 12.4. The fourth-order valence-corrected chi connectivity index (χ4v) is 4.09. The molecule has 2 aliphatic heterocycles. The van der Waals surface area contributed by atoms with E-state index in [1.807, 2.05) is 23.6 Å². The van der Waals surface area contributed by atoms with Gasteiger partial charge in [-0.3, -0.25) is 0 Å². The van der Waals surface area contributed by atoms with Gasteiger partial charge in [-0.25, -0.2) is 9.78 Å². The molecule has 0 radical (unpaired) electrons. The van der Waals surface area contributed by atoms with E-state index in [-0.39, 0.29) is 6.79 Å². The Kier molecular flexibility index (Phi) is 4.17. The van der Waals surface area contributed by atoms with Crippen LogP contribution in [0.15, 0.2) is 35.7 Å². The maximum Gasteiger partial charge on any atom is 0.344 e. The molecule has 0 spiro atoms. The van der Waals surface area contributed by atoms with Crippen molar-refractivity contribution in [2.24, 2.45) is 0 Å². The third-order valence-electron chi connectivity index (χ3n) is 4.72. The molecule has 8 nitrogen and oxygen atoms in total. The van der Waals surface area contributed by atoms with Gasteiger partial charge in [-0.1, -0.05) is 0 Å². The summed E-state index contributed by atoms with van der Waals surface area (Å²) in [6, 6.07) is 9.20. The van der Waals surface area contributed by atoms with E-state index < -0.39 is 12.2 Å². The standard InChI is InChI=1S/C20H16N2O6S/c1-24-14-6-4-11-16(17(14)25-2)19(23)28-18(11)22-20-21-12(8-29-20)10-3-5-13-15(7-10)27-9-26-13/h3-8,18H,9H2,1-2H3,(H,21,22)/t18-/m0/s1. The number of ether oxygens (including phenoxy) is 5. The first-order valence-corrected chi connectivity index (χ1v) is 9.64. The highest BCUT2D eigenvalue weighted by atomic mass is 32.1. The summed E-state index contributed by atoms with van der Waals surface area (Å²) in [5.74, 6) is 1.79. The number of esters is 1. The quantitative estimate of drug-likeness (QED) is 0.633. The number of nitrogens with zero attached hydrogens (tertiary/aromatic N) is 1. The van der Waals surface area contributed by atoms with Crippen LogP contribution in [-0.4, -0.2) is 32.0 Å². The van der Waals surface area contributed by atoms with Crippen molar-refractivity contribution < 1.29 is 28.5 Å². The summed E-state index contributed by atoms with van der Waals surface area (Å²) in [7, 11) is 3.01. The number of aromatic nitrogens is 1. The van der Waals surface area contributed by atoms with Gasteiger partial charge in [0.25, 0.3) is 0 Å². The highest BCUT2D eigenvalue weighted by Gasteiger charge is 2.36. The Morgan fingerprint density at radius 2 is 2.00 bits per heavy atom. The van der Waals surface area contributed by atoms with Crippen molar-refractivity contribution in [1.82, 2.24) is 4.98 Å². The van der Waals surface area contributed by atoms with Gasteiger partial charge in [0.1, 0.15) is 5.56 Å². The van der Waals surface area contributed by atoms with E-state index in [1.54, 1.807) is 12.1 Å². The largest absolute Gasteiger partial charge is 0.493 e. The zero-order valence-corrected chi connectivity index (χ0v) is 16.4. The van der Waals surface area contributed by atoms with E-state index in [1.165, 1.54) is 25.6 Å². The lowest BCUT2D eigenvalue weighted by molar-refractivity contribution is 0.0435. The van der Waals surface area contributed by atoms with E-state index in [0.717, 1.165) is 17.0 Å². The minimum absolute atomic E-state index is 0.226. The Hall–Kier alpha value is -3.46. The number of benzene rings is 2. The molecule has 1 N–H and O–H groups in total. The van der Waals surface area contributed by atoms with Gasteiger partial charge < -0.3 is 29.0 Å². The predicted molar refractivity (Wildman–Crippen MR) is 105 cm³/mol. The van der Waals surface area contributed by atoms with Crippen molar-refractivity contribution in [1.29, 1.82) is 0 Å². The number of hydrogen-bond acceptors (Lipinski definition) is 9. The third kappa shape index (κ3) is 2.90. The third-order valence-corrected chi connectivity index (χ3v) is 5.49. The number of anilines is 1. The number of carbonyl (C=O) groups is 1. The summed E-state index contributed by atoms with van der Waals surface area (Å²) in [5.41, 5.74) is 2.73. The molecule has 29 heavy (non-hydrogen) atoms. The van der Waals surface area contributed by atoms with Crippen LogP contribution in [0.2, 0.25) is 0 Å². The Morgan fingerprint density at radius 3 is 2.83 bits per heavy atom. The molecule has 0 fully saturated rings. The van der Waals surface area contributed by atoms with Gasteiger partial charge in [-0.15, -0.1) is 11.3 Å². The first-order chi connectivity index (χ1) is 14.2. The van der Waals surface area contributed by atoms with Gasteiger partial charge in [0.15, 0.2) is 28.1 Å². The molecule has 148 valence electrons. The van der Waals surface area contributed by atoms with Crippen molar-refractivity contribution in [3.63, 3.8) is 0 Å². The number of nitrogens with one attached hydrogen (secondary N) is 1. The van der Waals surface area contributed by atoms with E-state index >= 15 is 0 Å². The van der Waals surface area contributed by atoms with Gasteiger partial charge in [0.2, 0.25) is 13.0 Å². The normalized spacial score (nSPS) is 16.3. The average Bonchev–Trinajstić information content (AvgIpc) is 3.46. The first kappa shape index (κ1) is 17.6. The SMILES string of the molecule is COc1ccc2c(c1OC)C(=O)O[C@@H]2Nc1nc(-c2ccc3c(c2)OCO3)cs1. The van der Waals surface area contributed by atoms with Crippen molar-refractivity contribution in [3.05, 3.63) is 46.8 Å². The topological polar surface area (TPSA) is 88.1 Å². The van der Waals surface area contributed by atoms with Gasteiger partial charge in [0.05, 0.1) is 19.9 Å². The number of fused-ring (bicyclic) bond motifs is 2. The Labute approximate surface area is 169 Å². The summed E-state index contributed by atoms with van der Waals surface area (Å²) in [6.45, 7) is 0.226. The summed E-state index contributed by atoms with van der Waals surface area (Å²) in [6.07, 6.45) is -0.659. The molecule has 3 aromatic rings. The smallest absolute Gasteiger partial charge is 0.344 e. The number of thiazole rings is 1. The van der Waals surface area contributed by atoms with Crippen LogP contribution in [0.5, 0.6) is 23.0 Å². The van der Waals surface area contributed by atoms with Gasteiger partial charge >= 0.3 is 5.97 Å². The number of carbonyl (C=O) groups excluding carboxylic acids is 1. The molecule has 0 bridgehead atoms. The molecule has 2 aliphatic rings. The molecular weight excluding hydrogens is 396 g/mol. The van der Waals surface area contributed by atoms with Gasteiger partial charge in [-0.05, 0) is 30.3 Å².